The third-order valence-electron chi connectivity index (χ3n) is 3.99. The van der Waals surface area contributed by atoms with E-state index in [1.54, 1.807) is 0 Å². The largest absolute Gasteiger partial charge is 0.297 e. The van der Waals surface area contributed by atoms with Crippen LogP contribution in [0.25, 0.3) is 0 Å². The maximum Gasteiger partial charge on any atom is 0.240 e. The first-order valence-corrected chi connectivity index (χ1v) is 9.91. The highest BCUT2D eigenvalue weighted by molar-refractivity contribution is 7.89. The van der Waals surface area contributed by atoms with E-state index in [9.17, 15) is 8.42 Å². The summed E-state index contributed by atoms with van der Waals surface area (Å²) in [6.07, 6.45) is 0.778. The van der Waals surface area contributed by atoms with Crippen LogP contribution in [0.2, 0.25) is 10.0 Å². The predicted molar refractivity (Wildman–Crippen MR) is 96.9 cm³/mol. The zero-order valence-electron chi connectivity index (χ0n) is 13.0. The predicted octanol–water partition coefficient (Wildman–Crippen LogP) is 3.55. The lowest BCUT2D eigenvalue weighted by atomic mass is 10.2. The Morgan fingerprint density at radius 1 is 1.08 bits per heavy atom. The van der Waals surface area contributed by atoms with Crippen LogP contribution in [0, 0.1) is 0 Å². The number of likely N-dealkylation sites (tertiary alicyclic amines) is 1. The van der Waals surface area contributed by atoms with Crippen molar-refractivity contribution >= 4 is 33.2 Å². The van der Waals surface area contributed by atoms with E-state index >= 15 is 0 Å². The lowest BCUT2D eigenvalue weighted by molar-refractivity contribution is 0.324. The van der Waals surface area contributed by atoms with Gasteiger partial charge >= 0.3 is 0 Å². The fourth-order valence-electron chi connectivity index (χ4n) is 2.89. The van der Waals surface area contributed by atoms with Gasteiger partial charge in [-0.1, -0.05) is 53.5 Å². The number of nitrogens with one attached hydrogen (secondary N) is 1. The first-order valence-electron chi connectivity index (χ1n) is 7.67. The summed E-state index contributed by atoms with van der Waals surface area (Å²) in [6, 6.07) is 14.4. The monoisotopic (exact) mass is 384 g/mol. The molecule has 1 N–H and O–H groups in total. The number of nitrogens with zero attached hydrogens (tertiary/aromatic N) is 1. The minimum Gasteiger partial charge on any atom is -0.297 e. The molecule has 0 bridgehead atoms. The molecule has 0 radical (unpaired) electrons. The molecule has 128 valence electrons. The third-order valence-corrected chi connectivity index (χ3v) is 5.93. The number of rotatable bonds is 5. The van der Waals surface area contributed by atoms with Gasteiger partial charge in [-0.05, 0) is 30.2 Å². The van der Waals surface area contributed by atoms with Crippen LogP contribution < -0.4 is 4.72 Å². The van der Waals surface area contributed by atoms with Crippen LogP contribution >= 0.6 is 23.2 Å². The highest BCUT2D eigenvalue weighted by Crippen LogP contribution is 2.23. The third kappa shape index (κ3) is 4.49. The molecule has 0 aromatic heterocycles. The molecule has 24 heavy (non-hydrogen) atoms. The molecular formula is C17H18Cl2N2O2S. The zero-order valence-corrected chi connectivity index (χ0v) is 15.3. The van der Waals surface area contributed by atoms with E-state index in [2.05, 4.69) is 21.8 Å². The van der Waals surface area contributed by atoms with Crippen molar-refractivity contribution < 1.29 is 8.42 Å². The van der Waals surface area contributed by atoms with Gasteiger partial charge in [0.25, 0.3) is 0 Å². The Balaban J connectivity index is 1.64. The van der Waals surface area contributed by atoms with E-state index in [1.165, 1.54) is 23.8 Å². The molecule has 3 rings (SSSR count). The molecule has 1 aliphatic rings. The molecule has 1 aliphatic heterocycles. The van der Waals surface area contributed by atoms with E-state index in [-0.39, 0.29) is 10.9 Å². The Labute approximate surface area is 152 Å². The Morgan fingerprint density at radius 3 is 2.42 bits per heavy atom. The van der Waals surface area contributed by atoms with Crippen LogP contribution in [-0.2, 0) is 16.6 Å². The van der Waals surface area contributed by atoms with Gasteiger partial charge in [-0.15, -0.1) is 0 Å². The number of halogens is 2. The Bertz CT molecular complexity index is 792. The van der Waals surface area contributed by atoms with Crippen LogP contribution in [0.5, 0.6) is 0 Å². The lowest BCUT2D eigenvalue weighted by Gasteiger charge is -2.17. The van der Waals surface area contributed by atoms with Crippen LogP contribution in [-0.4, -0.2) is 32.4 Å². The van der Waals surface area contributed by atoms with Crippen LogP contribution in [0.1, 0.15) is 12.0 Å². The Kier molecular flexibility index (Phi) is 5.47. The molecule has 4 nitrogen and oxygen atoms in total. The Hall–Kier alpha value is -1.11. The number of hydrogen-bond donors (Lipinski definition) is 1. The van der Waals surface area contributed by atoms with Crippen molar-refractivity contribution in [3.8, 4) is 0 Å². The zero-order chi connectivity index (χ0) is 17.2. The summed E-state index contributed by atoms with van der Waals surface area (Å²) >= 11 is 11.8. The molecule has 0 saturated carbocycles. The van der Waals surface area contributed by atoms with Crippen molar-refractivity contribution in [1.29, 1.82) is 0 Å². The minimum atomic E-state index is -3.63. The van der Waals surface area contributed by atoms with Crippen molar-refractivity contribution in [3.05, 3.63) is 64.1 Å². The summed E-state index contributed by atoms with van der Waals surface area (Å²) in [6.45, 7) is 2.36. The second-order valence-electron chi connectivity index (χ2n) is 5.93. The summed E-state index contributed by atoms with van der Waals surface area (Å²) in [5.74, 6) is 0. The number of benzene rings is 2. The van der Waals surface area contributed by atoms with Crippen molar-refractivity contribution in [1.82, 2.24) is 9.62 Å². The first kappa shape index (κ1) is 17.7. The second kappa shape index (κ2) is 7.42. The molecule has 0 spiro atoms. The molecule has 2 aromatic carbocycles. The summed E-state index contributed by atoms with van der Waals surface area (Å²) in [4.78, 5) is 2.34. The van der Waals surface area contributed by atoms with Crippen LogP contribution in [0.3, 0.4) is 0 Å². The fourth-order valence-corrected chi connectivity index (χ4v) is 4.87. The minimum absolute atomic E-state index is 0.0986. The molecule has 7 heteroatoms. The van der Waals surface area contributed by atoms with Crippen LogP contribution in [0.4, 0.5) is 0 Å². The molecule has 1 atom stereocenters. The van der Waals surface area contributed by atoms with Gasteiger partial charge in [0.15, 0.2) is 0 Å². The summed E-state index contributed by atoms with van der Waals surface area (Å²) in [5.41, 5.74) is 1.22. The van der Waals surface area contributed by atoms with E-state index in [0.29, 0.717) is 16.6 Å². The van der Waals surface area contributed by atoms with Gasteiger partial charge in [0.05, 0.1) is 4.90 Å². The summed E-state index contributed by atoms with van der Waals surface area (Å²) in [5, 5.41) is 0.611. The normalized spacial score (nSPS) is 18.8. The van der Waals surface area contributed by atoms with Gasteiger partial charge in [-0.3, -0.25) is 4.90 Å². The van der Waals surface area contributed by atoms with E-state index < -0.39 is 10.0 Å². The quantitative estimate of drug-likeness (QED) is 0.857. The molecule has 1 saturated heterocycles. The Morgan fingerprint density at radius 2 is 1.75 bits per heavy atom. The summed E-state index contributed by atoms with van der Waals surface area (Å²) in [7, 11) is -3.63. The highest BCUT2D eigenvalue weighted by Gasteiger charge is 2.27. The topological polar surface area (TPSA) is 49.4 Å². The maximum atomic E-state index is 12.5. The molecule has 2 aromatic rings. The van der Waals surface area contributed by atoms with Crippen molar-refractivity contribution in [2.75, 3.05) is 13.1 Å². The van der Waals surface area contributed by atoms with E-state index in [4.69, 9.17) is 23.2 Å². The van der Waals surface area contributed by atoms with Crippen LogP contribution in [0.15, 0.2) is 53.4 Å². The highest BCUT2D eigenvalue weighted by atomic mass is 35.5. The standard InChI is InChI=1S/C17H18Cl2N2O2S/c18-14-8-15(19)10-17(9-14)24(22,23)20-16-6-7-21(12-16)11-13-4-2-1-3-5-13/h1-5,8-10,16,20H,6-7,11-12H2/t16-/m0/s1. The number of hydrogen-bond acceptors (Lipinski definition) is 3. The molecule has 0 unspecified atom stereocenters. The first-order chi connectivity index (χ1) is 11.4. The van der Waals surface area contributed by atoms with Gasteiger partial charge in [0.1, 0.15) is 0 Å². The molecule has 1 heterocycles. The maximum absolute atomic E-state index is 12.5. The SMILES string of the molecule is O=S(=O)(N[C@H]1CCN(Cc2ccccc2)C1)c1cc(Cl)cc(Cl)c1. The lowest BCUT2D eigenvalue weighted by Crippen LogP contribution is -2.37. The van der Waals surface area contributed by atoms with Gasteiger partial charge in [-0.25, -0.2) is 13.1 Å². The summed E-state index contributed by atoms with van der Waals surface area (Å²) < 4.78 is 27.8. The number of sulfonamides is 1. The smallest absolute Gasteiger partial charge is 0.240 e. The molecule has 0 aliphatic carbocycles. The van der Waals surface area contributed by atoms with Crippen molar-refractivity contribution in [2.24, 2.45) is 0 Å². The molecular weight excluding hydrogens is 367 g/mol. The van der Waals surface area contributed by atoms with Gasteiger partial charge < -0.3 is 0 Å². The second-order valence-corrected chi connectivity index (χ2v) is 8.52. The molecule has 1 fully saturated rings. The average molecular weight is 385 g/mol. The van der Waals surface area contributed by atoms with Gasteiger partial charge in [0.2, 0.25) is 10.0 Å². The van der Waals surface area contributed by atoms with Crippen molar-refractivity contribution in [2.45, 2.75) is 23.9 Å². The van der Waals surface area contributed by atoms with Crippen molar-refractivity contribution in [3.63, 3.8) is 0 Å². The van der Waals surface area contributed by atoms with Gasteiger partial charge in [0, 0.05) is 35.7 Å². The van der Waals surface area contributed by atoms with Gasteiger partial charge in [-0.2, -0.15) is 0 Å². The molecule has 0 amide bonds. The van der Waals surface area contributed by atoms with E-state index in [0.717, 1.165) is 19.5 Å². The fraction of sp³-hybridized carbons (Fsp3) is 0.294. The van der Waals surface area contributed by atoms with E-state index in [1.807, 2.05) is 18.2 Å². The average Bonchev–Trinajstić information content (AvgIpc) is 2.93.